The van der Waals surface area contributed by atoms with Crippen molar-refractivity contribution < 1.29 is 19.4 Å². The number of aliphatic hydroxyl groups is 1. The zero-order valence-corrected chi connectivity index (χ0v) is 12.4. The number of anilines is 1. The molecule has 1 N–H and O–H groups in total. The second-order valence-electron chi connectivity index (χ2n) is 6.49. The summed E-state index contributed by atoms with van der Waals surface area (Å²) >= 11 is 0. The lowest BCUT2D eigenvalue weighted by Gasteiger charge is -2.27. The van der Waals surface area contributed by atoms with Crippen molar-refractivity contribution in [3.8, 4) is 0 Å². The molecule has 3 aliphatic heterocycles. The predicted molar refractivity (Wildman–Crippen MR) is 79.1 cm³/mol. The fourth-order valence-corrected chi connectivity index (χ4v) is 4.09. The highest BCUT2D eigenvalue weighted by atomic mass is 16.5. The van der Waals surface area contributed by atoms with Gasteiger partial charge in [-0.25, -0.2) is 4.90 Å². The van der Waals surface area contributed by atoms with Crippen LogP contribution in [0.15, 0.2) is 36.4 Å². The molecule has 0 unspecified atom stereocenters. The number of rotatable bonds is 2. The molecule has 1 aromatic carbocycles. The summed E-state index contributed by atoms with van der Waals surface area (Å²) in [7, 11) is 0. The lowest BCUT2D eigenvalue weighted by Crippen LogP contribution is -2.43. The van der Waals surface area contributed by atoms with Crippen LogP contribution in [-0.2, 0) is 14.3 Å². The number of amides is 2. The van der Waals surface area contributed by atoms with E-state index in [2.05, 4.69) is 0 Å². The Morgan fingerprint density at radius 2 is 1.86 bits per heavy atom. The molecule has 0 spiro atoms. The highest BCUT2D eigenvalue weighted by Crippen LogP contribution is 2.57. The molecular formula is C17H17NO4. The van der Waals surface area contributed by atoms with Crippen LogP contribution < -0.4 is 4.90 Å². The summed E-state index contributed by atoms with van der Waals surface area (Å²) in [5.74, 6) is -1.76. The molecule has 2 fully saturated rings. The molecule has 0 aromatic heterocycles. The molecule has 2 bridgehead atoms. The second kappa shape index (κ2) is 4.06. The van der Waals surface area contributed by atoms with Crippen LogP contribution in [0.4, 0.5) is 5.69 Å². The minimum Gasteiger partial charge on any atom is -0.393 e. The van der Waals surface area contributed by atoms with Crippen LogP contribution in [0.1, 0.15) is 12.5 Å². The van der Waals surface area contributed by atoms with E-state index in [0.717, 1.165) is 5.56 Å². The van der Waals surface area contributed by atoms with Gasteiger partial charge in [-0.05, 0) is 25.5 Å². The van der Waals surface area contributed by atoms with Crippen LogP contribution in [-0.4, -0.2) is 34.7 Å². The van der Waals surface area contributed by atoms with E-state index < -0.39 is 23.0 Å². The number of imide groups is 1. The van der Waals surface area contributed by atoms with Crippen LogP contribution in [0.3, 0.4) is 0 Å². The third-order valence-corrected chi connectivity index (χ3v) is 5.16. The minimum atomic E-state index is -1.07. The number of aliphatic hydroxyl groups excluding tert-OH is 1. The summed E-state index contributed by atoms with van der Waals surface area (Å²) < 4.78 is 5.89. The maximum atomic E-state index is 12.9. The number of carbonyl (C=O) groups excluding carboxylic acids is 2. The fourth-order valence-electron chi connectivity index (χ4n) is 4.09. The molecule has 0 aliphatic carbocycles. The van der Waals surface area contributed by atoms with E-state index in [-0.39, 0.29) is 18.4 Å². The molecule has 2 amide bonds. The summed E-state index contributed by atoms with van der Waals surface area (Å²) in [5, 5.41) is 9.76. The fraction of sp³-hybridized carbons (Fsp3) is 0.412. The molecule has 1 aromatic rings. The number of para-hydroxylation sites is 1. The molecule has 0 radical (unpaired) electrons. The number of ether oxygens (including phenoxy) is 1. The highest BCUT2D eigenvalue weighted by molar-refractivity contribution is 6.23. The average Bonchev–Trinajstić information content (AvgIpc) is 3.07. The van der Waals surface area contributed by atoms with E-state index in [0.29, 0.717) is 5.69 Å². The topological polar surface area (TPSA) is 66.8 Å². The number of hydrogen-bond donors (Lipinski definition) is 1. The van der Waals surface area contributed by atoms with E-state index in [1.807, 2.05) is 25.1 Å². The molecule has 5 nitrogen and oxygen atoms in total. The van der Waals surface area contributed by atoms with Crippen LogP contribution >= 0.6 is 0 Å². The third-order valence-electron chi connectivity index (χ3n) is 5.16. The van der Waals surface area contributed by atoms with Gasteiger partial charge in [-0.3, -0.25) is 9.59 Å². The Hall–Kier alpha value is -1.98. The van der Waals surface area contributed by atoms with Crippen LogP contribution in [0.25, 0.3) is 0 Å². The lowest BCUT2D eigenvalue weighted by atomic mass is 9.73. The zero-order valence-electron chi connectivity index (χ0n) is 12.4. The number of aryl methyl sites for hydroxylation is 1. The first-order chi connectivity index (χ1) is 10.4. The molecule has 4 atom stereocenters. The summed E-state index contributed by atoms with van der Waals surface area (Å²) in [6.07, 6.45) is 3.54. The van der Waals surface area contributed by atoms with Crippen LogP contribution in [0.5, 0.6) is 0 Å². The molecule has 2 saturated heterocycles. The van der Waals surface area contributed by atoms with Gasteiger partial charge in [0.25, 0.3) is 0 Å². The Balaban J connectivity index is 1.84. The van der Waals surface area contributed by atoms with Crippen LogP contribution in [0.2, 0.25) is 0 Å². The summed E-state index contributed by atoms with van der Waals surface area (Å²) in [6.45, 7) is 3.37. The molecule has 22 heavy (non-hydrogen) atoms. The Kier molecular flexibility index (Phi) is 2.52. The van der Waals surface area contributed by atoms with Gasteiger partial charge in [0, 0.05) is 0 Å². The molecule has 4 rings (SSSR count). The van der Waals surface area contributed by atoms with Gasteiger partial charge in [0.15, 0.2) is 0 Å². The minimum absolute atomic E-state index is 0.244. The van der Waals surface area contributed by atoms with E-state index in [9.17, 15) is 14.7 Å². The van der Waals surface area contributed by atoms with Crippen molar-refractivity contribution in [1.82, 2.24) is 0 Å². The van der Waals surface area contributed by atoms with Gasteiger partial charge in [-0.2, -0.15) is 0 Å². The predicted octanol–water partition coefficient (Wildman–Crippen LogP) is 1.19. The zero-order chi connectivity index (χ0) is 15.7. The summed E-state index contributed by atoms with van der Waals surface area (Å²) in [6, 6.07) is 7.33. The number of nitrogens with zero attached hydrogens (tertiary/aromatic N) is 1. The SMILES string of the molecule is Cc1ccccc1N1C(=O)[C@@H]2[C@H](C1=O)[C@]1(C)C=C[C@]2(CO)O1. The van der Waals surface area contributed by atoms with Gasteiger partial charge < -0.3 is 9.84 Å². The maximum Gasteiger partial charge on any atom is 0.241 e. The number of hydrogen-bond acceptors (Lipinski definition) is 4. The van der Waals surface area contributed by atoms with E-state index in [4.69, 9.17) is 4.74 Å². The van der Waals surface area contributed by atoms with Crippen molar-refractivity contribution in [3.05, 3.63) is 42.0 Å². The van der Waals surface area contributed by atoms with Gasteiger partial charge in [-0.15, -0.1) is 0 Å². The van der Waals surface area contributed by atoms with Crippen LogP contribution in [0, 0.1) is 18.8 Å². The van der Waals surface area contributed by atoms with Crippen molar-refractivity contribution in [2.24, 2.45) is 11.8 Å². The van der Waals surface area contributed by atoms with Gasteiger partial charge >= 0.3 is 0 Å². The maximum absolute atomic E-state index is 12.9. The van der Waals surface area contributed by atoms with E-state index in [1.54, 1.807) is 25.1 Å². The molecular weight excluding hydrogens is 282 g/mol. The Morgan fingerprint density at radius 1 is 1.18 bits per heavy atom. The normalized spacial score (nSPS) is 39.0. The van der Waals surface area contributed by atoms with Gasteiger partial charge in [0.05, 0.1) is 29.7 Å². The molecule has 114 valence electrons. The quantitative estimate of drug-likeness (QED) is 0.658. The van der Waals surface area contributed by atoms with Gasteiger partial charge in [-0.1, -0.05) is 30.4 Å². The monoisotopic (exact) mass is 299 g/mol. The summed E-state index contributed by atoms with van der Waals surface area (Å²) in [5.41, 5.74) is -0.405. The van der Waals surface area contributed by atoms with E-state index in [1.165, 1.54) is 4.90 Å². The van der Waals surface area contributed by atoms with Crippen molar-refractivity contribution in [2.45, 2.75) is 25.0 Å². The van der Waals surface area contributed by atoms with Gasteiger partial charge in [0.1, 0.15) is 5.60 Å². The van der Waals surface area contributed by atoms with E-state index >= 15 is 0 Å². The Bertz CT molecular complexity index is 727. The molecule has 0 saturated carbocycles. The largest absolute Gasteiger partial charge is 0.393 e. The smallest absolute Gasteiger partial charge is 0.241 e. The first kappa shape index (κ1) is 13.7. The molecule has 3 heterocycles. The Morgan fingerprint density at radius 3 is 2.55 bits per heavy atom. The third kappa shape index (κ3) is 1.40. The standard InChI is InChI=1S/C17H17NO4/c1-10-5-3-4-6-11(10)18-14(20)12-13(15(18)21)17(9-19)8-7-16(12,2)22-17/h3-8,12-13,19H,9H2,1-2H3/t12-,13+,16+,17-/m1/s1. The van der Waals surface area contributed by atoms with Crippen molar-refractivity contribution in [2.75, 3.05) is 11.5 Å². The number of benzene rings is 1. The second-order valence-corrected chi connectivity index (χ2v) is 6.49. The first-order valence-corrected chi connectivity index (χ1v) is 7.38. The lowest BCUT2D eigenvalue weighted by molar-refractivity contribution is -0.131. The van der Waals surface area contributed by atoms with Crippen molar-refractivity contribution in [1.29, 1.82) is 0 Å². The number of fused-ring (bicyclic) bond motifs is 5. The average molecular weight is 299 g/mol. The number of carbonyl (C=O) groups is 2. The molecule has 5 heteroatoms. The summed E-state index contributed by atoms with van der Waals surface area (Å²) in [4.78, 5) is 27.1. The molecule has 3 aliphatic rings. The van der Waals surface area contributed by atoms with Gasteiger partial charge in [0.2, 0.25) is 11.8 Å². The first-order valence-electron chi connectivity index (χ1n) is 7.38. The van der Waals surface area contributed by atoms with Crippen molar-refractivity contribution >= 4 is 17.5 Å². The Labute approximate surface area is 128 Å². The highest BCUT2D eigenvalue weighted by Gasteiger charge is 2.72. The van der Waals surface area contributed by atoms with Crippen molar-refractivity contribution in [3.63, 3.8) is 0 Å².